The molecule has 0 aromatic rings. The van der Waals surface area contributed by atoms with Gasteiger partial charge in [0, 0.05) is 11.5 Å². The van der Waals surface area contributed by atoms with E-state index < -0.39 is 0 Å². The number of nitrogens with zero attached hydrogens (tertiary/aromatic N) is 4. The molecule has 2 rings (SSSR count). The van der Waals surface area contributed by atoms with Crippen molar-refractivity contribution < 1.29 is 0 Å². The van der Waals surface area contributed by atoms with Crippen molar-refractivity contribution in [2.24, 2.45) is 9.98 Å². The molecule has 0 bridgehead atoms. The van der Waals surface area contributed by atoms with Gasteiger partial charge in [-0.15, -0.1) is 0 Å². The Bertz CT molecular complexity index is 394. The van der Waals surface area contributed by atoms with Crippen LogP contribution < -0.4 is 0 Å². The molecule has 9 heteroatoms. The molecular weight excluding hydrogens is 312 g/mol. The van der Waals surface area contributed by atoms with Crippen LogP contribution in [0, 0.1) is 21.3 Å². The van der Waals surface area contributed by atoms with Gasteiger partial charge >= 0.3 is 0 Å². The van der Waals surface area contributed by atoms with Crippen LogP contribution in [0.3, 0.4) is 0 Å². The topological polar surface area (TPSA) is 72.3 Å². The monoisotopic (exact) mass is 318 g/mol. The van der Waals surface area contributed by atoms with E-state index in [4.69, 9.17) is 10.5 Å². The van der Waals surface area contributed by atoms with Gasteiger partial charge in [-0.3, -0.25) is 9.98 Å². The smallest absolute Gasteiger partial charge is 0.135 e. The summed E-state index contributed by atoms with van der Waals surface area (Å²) in [6, 6.07) is 0. The summed E-state index contributed by atoms with van der Waals surface area (Å²) < 4.78 is 1.96. The molecule has 2 aliphatic heterocycles. The molecule has 88 valence electrons. The first kappa shape index (κ1) is 13.5. The number of nitriles is 2. The predicted molar refractivity (Wildman–Crippen MR) is 81.4 cm³/mol. The van der Waals surface area contributed by atoms with Gasteiger partial charge in [-0.2, -0.15) is 10.5 Å². The molecule has 17 heavy (non-hydrogen) atoms. The van der Waals surface area contributed by atoms with E-state index in [0.29, 0.717) is 0 Å². The zero-order valence-corrected chi connectivity index (χ0v) is 12.5. The van der Waals surface area contributed by atoms with Crippen LogP contribution in [-0.4, -0.2) is 31.0 Å². The summed E-state index contributed by atoms with van der Waals surface area (Å²) in [5, 5.41) is 21.4. The average Bonchev–Trinajstić information content (AvgIpc) is 2.91. The largest absolute Gasteiger partial charge is 0.255 e. The van der Waals surface area contributed by atoms with E-state index in [-0.39, 0.29) is 10.7 Å². The van der Waals surface area contributed by atoms with E-state index in [1.165, 1.54) is 23.5 Å². The minimum atomic E-state index is 0.0591. The Labute approximate surface area is 120 Å². The second kappa shape index (κ2) is 6.86. The van der Waals surface area contributed by atoms with Gasteiger partial charge in [-0.1, -0.05) is 23.5 Å². The highest BCUT2D eigenvalue weighted by molar-refractivity contribution is 8.54. The summed E-state index contributed by atoms with van der Waals surface area (Å²) in [6.07, 6.45) is 0. The van der Waals surface area contributed by atoms with Gasteiger partial charge in [0.25, 0.3) is 0 Å². The van der Waals surface area contributed by atoms with Crippen LogP contribution in [0.15, 0.2) is 9.98 Å². The summed E-state index contributed by atoms with van der Waals surface area (Å²) in [5.74, 6) is 1.71. The summed E-state index contributed by atoms with van der Waals surface area (Å²) in [6.45, 7) is 0. The molecular formula is C8H6N4S5. The first-order valence-electron chi connectivity index (χ1n) is 4.50. The Morgan fingerprint density at radius 2 is 1.47 bits per heavy atom. The molecule has 0 N–H and O–H groups in total. The molecule has 0 saturated carbocycles. The first-order chi connectivity index (χ1) is 8.31. The Morgan fingerprint density at radius 3 is 1.88 bits per heavy atom. The van der Waals surface area contributed by atoms with E-state index in [1.54, 1.807) is 35.3 Å². The summed E-state index contributed by atoms with van der Waals surface area (Å²) in [7, 11) is 0. The van der Waals surface area contributed by atoms with Crippen LogP contribution in [-0.2, 0) is 0 Å². The van der Waals surface area contributed by atoms with Gasteiger partial charge in [0.1, 0.15) is 30.3 Å². The predicted octanol–water partition coefficient (Wildman–Crippen LogP) is 3.01. The summed E-state index contributed by atoms with van der Waals surface area (Å²) in [5.41, 5.74) is 0. The third-order valence-corrected chi connectivity index (χ3v) is 6.91. The van der Waals surface area contributed by atoms with Crippen LogP contribution in [0.25, 0.3) is 0 Å². The standard InChI is InChI=1S/C8H6N4S5/c9-3-15-5-1-13-7(11-5)17-8-12-6(2-14-8)16-4-10/h5-6H,1-2H2/t5-,6-/m1/s1. The number of hydrogen-bond acceptors (Lipinski definition) is 9. The van der Waals surface area contributed by atoms with E-state index in [1.807, 2.05) is 0 Å². The lowest BCUT2D eigenvalue weighted by molar-refractivity contribution is 1.09. The Hall–Kier alpha value is 0.0700. The van der Waals surface area contributed by atoms with Crippen molar-refractivity contribution in [3.8, 4) is 10.8 Å². The lowest BCUT2D eigenvalue weighted by Crippen LogP contribution is -1.93. The van der Waals surface area contributed by atoms with Crippen molar-refractivity contribution >= 4 is 67.6 Å². The molecule has 4 nitrogen and oxygen atoms in total. The van der Waals surface area contributed by atoms with Gasteiger partial charge in [0.05, 0.1) is 0 Å². The fourth-order valence-electron chi connectivity index (χ4n) is 1.10. The molecule has 0 aromatic carbocycles. The van der Waals surface area contributed by atoms with Crippen molar-refractivity contribution in [1.29, 1.82) is 10.5 Å². The zero-order valence-electron chi connectivity index (χ0n) is 8.40. The third-order valence-electron chi connectivity index (χ3n) is 1.75. The molecule has 2 atom stereocenters. The molecule has 2 heterocycles. The normalized spacial score (nSPS) is 27.2. The van der Waals surface area contributed by atoms with E-state index in [0.717, 1.165) is 20.3 Å². The summed E-state index contributed by atoms with van der Waals surface area (Å²) >= 11 is 7.29. The van der Waals surface area contributed by atoms with Crippen molar-refractivity contribution in [3.63, 3.8) is 0 Å². The zero-order chi connectivity index (χ0) is 12.1. The van der Waals surface area contributed by atoms with Crippen LogP contribution in [0.1, 0.15) is 0 Å². The quantitative estimate of drug-likeness (QED) is 0.725. The minimum Gasteiger partial charge on any atom is -0.255 e. The highest BCUT2D eigenvalue weighted by Gasteiger charge is 2.24. The molecule has 0 aliphatic carbocycles. The number of thiocyanates is 2. The minimum absolute atomic E-state index is 0.0591. The lowest BCUT2D eigenvalue weighted by Gasteiger charge is -1.96. The van der Waals surface area contributed by atoms with Gasteiger partial charge in [0.2, 0.25) is 0 Å². The maximum atomic E-state index is 8.56. The Balaban J connectivity index is 1.87. The van der Waals surface area contributed by atoms with Gasteiger partial charge in [0.15, 0.2) is 0 Å². The fraction of sp³-hybridized carbons (Fsp3) is 0.500. The van der Waals surface area contributed by atoms with Gasteiger partial charge < -0.3 is 0 Å². The van der Waals surface area contributed by atoms with Crippen LogP contribution in [0.2, 0.25) is 0 Å². The van der Waals surface area contributed by atoms with Gasteiger partial charge in [-0.05, 0) is 35.3 Å². The van der Waals surface area contributed by atoms with E-state index in [2.05, 4.69) is 20.8 Å². The Kier molecular flexibility index (Phi) is 5.45. The van der Waals surface area contributed by atoms with Crippen LogP contribution in [0.5, 0.6) is 0 Å². The SMILES string of the molecule is N#CS[C@@H]1CSC(SC2=N[C@H](SC#N)CS2)=N1. The number of hydrogen-bond donors (Lipinski definition) is 0. The maximum Gasteiger partial charge on any atom is 0.135 e. The third kappa shape index (κ3) is 4.04. The molecule has 0 radical (unpaired) electrons. The van der Waals surface area contributed by atoms with E-state index in [9.17, 15) is 0 Å². The number of rotatable bonds is 2. The highest BCUT2D eigenvalue weighted by atomic mass is 32.2. The average molecular weight is 318 g/mol. The van der Waals surface area contributed by atoms with E-state index >= 15 is 0 Å². The molecule has 0 spiro atoms. The van der Waals surface area contributed by atoms with Crippen LogP contribution in [0.4, 0.5) is 0 Å². The molecule has 0 amide bonds. The molecule has 0 unspecified atom stereocenters. The van der Waals surface area contributed by atoms with Crippen molar-refractivity contribution in [3.05, 3.63) is 0 Å². The Morgan fingerprint density at radius 1 is 1.00 bits per heavy atom. The molecule has 0 aromatic heterocycles. The number of thioether (sulfide) groups is 5. The second-order valence-corrected chi connectivity index (χ2v) is 8.28. The number of aliphatic imine (C=N–C) groups is 2. The molecule has 2 aliphatic rings. The maximum absolute atomic E-state index is 8.56. The summed E-state index contributed by atoms with van der Waals surface area (Å²) in [4.78, 5) is 8.86. The van der Waals surface area contributed by atoms with Crippen molar-refractivity contribution in [2.75, 3.05) is 11.5 Å². The van der Waals surface area contributed by atoms with Crippen molar-refractivity contribution in [2.45, 2.75) is 10.7 Å². The fourth-order valence-corrected chi connectivity index (χ4v) is 6.02. The van der Waals surface area contributed by atoms with Gasteiger partial charge in [-0.25, -0.2) is 0 Å². The second-order valence-electron chi connectivity index (χ2n) is 2.84. The van der Waals surface area contributed by atoms with Crippen LogP contribution >= 0.6 is 58.8 Å². The first-order valence-corrected chi connectivity index (χ1v) is 9.05. The highest BCUT2D eigenvalue weighted by Crippen LogP contribution is 2.37. The van der Waals surface area contributed by atoms with Crippen molar-refractivity contribution in [1.82, 2.24) is 0 Å². The molecule has 0 fully saturated rings. The molecule has 0 saturated heterocycles. The lowest BCUT2D eigenvalue weighted by atomic mass is 10.8.